The molecule has 0 spiro atoms. The van der Waals surface area contributed by atoms with Gasteiger partial charge in [-0.3, -0.25) is 4.79 Å². The molecular weight excluding hydrogens is 243 g/mol. The molecule has 0 saturated heterocycles. The minimum atomic E-state index is -1.61. The molecule has 0 fully saturated rings. The molecular formula is C13H12F3NO. The van der Waals surface area contributed by atoms with E-state index in [0.717, 1.165) is 0 Å². The first-order chi connectivity index (χ1) is 8.36. The SMILES string of the molecule is C#CC(NC(=O)c1cc(F)c(F)c(F)c1)C(C)C. The normalized spacial score (nSPS) is 12.1. The fourth-order valence-corrected chi connectivity index (χ4v) is 1.31. The summed E-state index contributed by atoms with van der Waals surface area (Å²) in [7, 11) is 0. The summed E-state index contributed by atoms with van der Waals surface area (Å²) < 4.78 is 38.6. The van der Waals surface area contributed by atoms with E-state index in [9.17, 15) is 18.0 Å². The molecule has 0 bridgehead atoms. The molecule has 0 aliphatic carbocycles. The van der Waals surface area contributed by atoms with Crippen LogP contribution in [0.2, 0.25) is 0 Å². The number of carbonyl (C=O) groups excluding carboxylic acids is 1. The van der Waals surface area contributed by atoms with E-state index in [4.69, 9.17) is 6.42 Å². The maximum absolute atomic E-state index is 12.9. The number of rotatable bonds is 3. The van der Waals surface area contributed by atoms with Gasteiger partial charge in [0.05, 0.1) is 6.04 Å². The molecule has 1 amide bonds. The molecule has 2 nitrogen and oxygen atoms in total. The van der Waals surface area contributed by atoms with Crippen molar-refractivity contribution < 1.29 is 18.0 Å². The van der Waals surface area contributed by atoms with Gasteiger partial charge in [-0.1, -0.05) is 19.8 Å². The minimum Gasteiger partial charge on any atom is -0.338 e. The third-order valence-electron chi connectivity index (χ3n) is 2.38. The van der Waals surface area contributed by atoms with E-state index in [2.05, 4.69) is 11.2 Å². The van der Waals surface area contributed by atoms with Crippen LogP contribution >= 0.6 is 0 Å². The van der Waals surface area contributed by atoms with E-state index in [1.54, 1.807) is 13.8 Å². The number of hydrogen-bond acceptors (Lipinski definition) is 1. The smallest absolute Gasteiger partial charge is 0.252 e. The van der Waals surface area contributed by atoms with E-state index >= 15 is 0 Å². The standard InChI is InChI=1S/C13H12F3NO/c1-4-11(7(2)3)17-13(18)8-5-9(14)12(16)10(15)6-8/h1,5-7,11H,2-3H3,(H,17,18). The molecule has 0 radical (unpaired) electrons. The molecule has 1 unspecified atom stereocenters. The van der Waals surface area contributed by atoms with Gasteiger partial charge in [-0.2, -0.15) is 0 Å². The van der Waals surface area contributed by atoms with Crippen LogP contribution in [0.25, 0.3) is 0 Å². The number of terminal acetylenes is 1. The summed E-state index contributed by atoms with van der Waals surface area (Å²) in [5.74, 6) is -2.87. The Hall–Kier alpha value is -1.96. The van der Waals surface area contributed by atoms with Crippen molar-refractivity contribution in [3.05, 3.63) is 35.1 Å². The number of benzene rings is 1. The van der Waals surface area contributed by atoms with Gasteiger partial charge >= 0.3 is 0 Å². The third kappa shape index (κ3) is 3.04. The lowest BCUT2D eigenvalue weighted by molar-refractivity contribution is 0.0937. The van der Waals surface area contributed by atoms with Crippen LogP contribution < -0.4 is 5.32 Å². The Kier molecular flexibility index (Phi) is 4.38. The van der Waals surface area contributed by atoms with Gasteiger partial charge in [-0.25, -0.2) is 13.2 Å². The molecule has 1 aromatic carbocycles. The van der Waals surface area contributed by atoms with E-state index in [0.29, 0.717) is 12.1 Å². The van der Waals surface area contributed by atoms with Crippen LogP contribution in [0.1, 0.15) is 24.2 Å². The fraction of sp³-hybridized carbons (Fsp3) is 0.308. The van der Waals surface area contributed by atoms with Crippen LogP contribution in [-0.4, -0.2) is 11.9 Å². The zero-order chi connectivity index (χ0) is 13.9. The first-order valence-electron chi connectivity index (χ1n) is 5.28. The Balaban J connectivity index is 2.96. The van der Waals surface area contributed by atoms with Gasteiger partial charge in [0.25, 0.3) is 5.91 Å². The molecule has 0 saturated carbocycles. The molecule has 18 heavy (non-hydrogen) atoms. The molecule has 0 heterocycles. The van der Waals surface area contributed by atoms with E-state index in [-0.39, 0.29) is 11.5 Å². The van der Waals surface area contributed by atoms with Crippen LogP contribution in [0.4, 0.5) is 13.2 Å². The highest BCUT2D eigenvalue weighted by molar-refractivity contribution is 5.94. The Labute approximate surface area is 103 Å². The molecule has 0 aromatic heterocycles. The Bertz CT molecular complexity index is 482. The van der Waals surface area contributed by atoms with E-state index in [1.165, 1.54) is 0 Å². The molecule has 0 aliphatic heterocycles. The van der Waals surface area contributed by atoms with Crippen molar-refractivity contribution in [1.29, 1.82) is 0 Å². The Morgan fingerprint density at radius 2 is 1.78 bits per heavy atom. The third-order valence-corrected chi connectivity index (χ3v) is 2.38. The van der Waals surface area contributed by atoms with Crippen LogP contribution in [0.3, 0.4) is 0 Å². The first-order valence-corrected chi connectivity index (χ1v) is 5.28. The van der Waals surface area contributed by atoms with Gasteiger partial charge < -0.3 is 5.32 Å². The summed E-state index contributed by atoms with van der Waals surface area (Å²) in [4.78, 5) is 11.7. The summed E-state index contributed by atoms with van der Waals surface area (Å²) in [5, 5.41) is 2.43. The molecule has 1 atom stereocenters. The second-order valence-corrected chi connectivity index (χ2v) is 4.12. The summed E-state index contributed by atoms with van der Waals surface area (Å²) in [5.41, 5.74) is -0.313. The minimum absolute atomic E-state index is 0.0332. The van der Waals surface area contributed by atoms with Crippen LogP contribution in [0, 0.1) is 35.7 Å². The lowest BCUT2D eigenvalue weighted by Gasteiger charge is -2.16. The second kappa shape index (κ2) is 5.58. The largest absolute Gasteiger partial charge is 0.338 e. The zero-order valence-corrected chi connectivity index (χ0v) is 9.93. The quantitative estimate of drug-likeness (QED) is 0.652. The molecule has 1 aromatic rings. The summed E-state index contributed by atoms with van der Waals surface area (Å²) in [6.07, 6.45) is 5.21. The van der Waals surface area contributed by atoms with Crippen molar-refractivity contribution in [2.24, 2.45) is 5.92 Å². The Morgan fingerprint density at radius 1 is 1.28 bits per heavy atom. The predicted molar refractivity (Wildman–Crippen MR) is 61.2 cm³/mol. The van der Waals surface area contributed by atoms with Gasteiger partial charge in [0.1, 0.15) is 0 Å². The average Bonchev–Trinajstić information content (AvgIpc) is 2.31. The van der Waals surface area contributed by atoms with Crippen molar-refractivity contribution >= 4 is 5.91 Å². The molecule has 1 rings (SSSR count). The van der Waals surface area contributed by atoms with Crippen molar-refractivity contribution in [3.63, 3.8) is 0 Å². The van der Waals surface area contributed by atoms with Crippen LogP contribution in [0.5, 0.6) is 0 Å². The van der Waals surface area contributed by atoms with Gasteiger partial charge in [0, 0.05) is 5.56 Å². The van der Waals surface area contributed by atoms with E-state index in [1.807, 2.05) is 0 Å². The lowest BCUT2D eigenvalue weighted by Crippen LogP contribution is -2.37. The van der Waals surface area contributed by atoms with Gasteiger partial charge in [-0.15, -0.1) is 6.42 Å². The molecule has 96 valence electrons. The number of carbonyl (C=O) groups is 1. The van der Waals surface area contributed by atoms with Crippen molar-refractivity contribution in [1.82, 2.24) is 5.32 Å². The highest BCUT2D eigenvalue weighted by Crippen LogP contribution is 2.14. The van der Waals surface area contributed by atoms with Gasteiger partial charge in [0.2, 0.25) is 0 Å². The maximum atomic E-state index is 12.9. The topological polar surface area (TPSA) is 29.1 Å². The monoisotopic (exact) mass is 255 g/mol. The summed E-state index contributed by atoms with van der Waals surface area (Å²) in [6, 6.07) is 0.692. The second-order valence-electron chi connectivity index (χ2n) is 4.12. The fourth-order valence-electron chi connectivity index (χ4n) is 1.31. The molecule has 0 aliphatic rings. The summed E-state index contributed by atoms with van der Waals surface area (Å²) in [6.45, 7) is 3.58. The number of amides is 1. The van der Waals surface area contributed by atoms with Gasteiger partial charge in [-0.05, 0) is 18.1 Å². The van der Waals surface area contributed by atoms with Crippen molar-refractivity contribution in [3.8, 4) is 12.3 Å². The van der Waals surface area contributed by atoms with Gasteiger partial charge in [0.15, 0.2) is 17.5 Å². The number of hydrogen-bond donors (Lipinski definition) is 1. The van der Waals surface area contributed by atoms with Crippen molar-refractivity contribution in [2.45, 2.75) is 19.9 Å². The average molecular weight is 255 g/mol. The maximum Gasteiger partial charge on any atom is 0.252 e. The number of nitrogens with one attached hydrogen (secondary N) is 1. The number of halogens is 3. The molecule has 5 heteroatoms. The molecule has 1 N–H and O–H groups in total. The highest BCUT2D eigenvalue weighted by atomic mass is 19.2. The predicted octanol–water partition coefficient (Wildman–Crippen LogP) is 2.49. The van der Waals surface area contributed by atoms with Crippen molar-refractivity contribution in [2.75, 3.05) is 0 Å². The highest BCUT2D eigenvalue weighted by Gasteiger charge is 2.18. The van der Waals surface area contributed by atoms with Crippen LogP contribution in [0.15, 0.2) is 12.1 Å². The zero-order valence-electron chi connectivity index (χ0n) is 9.93. The first kappa shape index (κ1) is 14.1. The van der Waals surface area contributed by atoms with E-state index < -0.39 is 29.4 Å². The Morgan fingerprint density at radius 3 is 2.17 bits per heavy atom. The van der Waals surface area contributed by atoms with Crippen LogP contribution in [-0.2, 0) is 0 Å². The lowest BCUT2D eigenvalue weighted by atomic mass is 10.0. The summed E-state index contributed by atoms with van der Waals surface area (Å²) >= 11 is 0.